The van der Waals surface area contributed by atoms with E-state index in [1.165, 1.54) is 12.3 Å². The number of para-hydroxylation sites is 1. The molecule has 2 heterocycles. The summed E-state index contributed by atoms with van der Waals surface area (Å²) >= 11 is 0. The lowest BCUT2D eigenvalue weighted by Crippen LogP contribution is -2.42. The van der Waals surface area contributed by atoms with Crippen molar-refractivity contribution in [3.05, 3.63) is 95.9 Å². The van der Waals surface area contributed by atoms with Crippen molar-refractivity contribution in [2.75, 3.05) is 24.0 Å². The van der Waals surface area contributed by atoms with Gasteiger partial charge in [0.05, 0.1) is 28.8 Å². The Hall–Kier alpha value is -5.83. The summed E-state index contributed by atoms with van der Waals surface area (Å²) in [6, 6.07) is 20.5. The van der Waals surface area contributed by atoms with E-state index >= 15 is 0 Å². The number of rotatable bonds is 12. The quantitative estimate of drug-likeness (QED) is 0.103. The lowest BCUT2D eigenvalue weighted by Gasteiger charge is -2.24. The third kappa shape index (κ3) is 8.63. The number of hydrogen-bond acceptors (Lipinski definition) is 9. The van der Waals surface area contributed by atoms with Gasteiger partial charge in [-0.3, -0.25) is 18.9 Å². The topological polar surface area (TPSA) is 188 Å². The third-order valence-corrected chi connectivity index (χ3v) is 10.9. The summed E-state index contributed by atoms with van der Waals surface area (Å²) in [6.07, 6.45) is 6.04. The number of hydrogen-bond donors (Lipinski definition) is 2. The minimum atomic E-state index is -4.36. The molecule has 5 aromatic rings. The highest BCUT2D eigenvalue weighted by Crippen LogP contribution is 2.31. The van der Waals surface area contributed by atoms with Crippen LogP contribution in [0.4, 0.5) is 10.5 Å². The van der Waals surface area contributed by atoms with Crippen molar-refractivity contribution < 1.29 is 32.3 Å². The average molecular weight is 740 g/mol. The lowest BCUT2D eigenvalue weighted by atomic mass is 9.98. The number of nitrogens with one attached hydrogen (secondary N) is 1. The van der Waals surface area contributed by atoms with Crippen molar-refractivity contribution in [2.45, 2.75) is 56.4 Å². The SMILES string of the molecule is CCOC(=O)CNC(=O)CN(c1ccc2c(c1)nc(Cc1ccc(/C(N)=N/C(=O)OC3CCCCC3)cc1)n2C)S(=O)(=O)c1cccc2cccnc12. The molecule has 0 radical (unpaired) electrons. The second-order valence-corrected chi connectivity index (χ2v) is 14.5. The van der Waals surface area contributed by atoms with E-state index in [1.807, 2.05) is 23.7 Å². The fourth-order valence-corrected chi connectivity index (χ4v) is 7.91. The number of amidine groups is 1. The van der Waals surface area contributed by atoms with Crippen molar-refractivity contribution in [1.82, 2.24) is 19.9 Å². The van der Waals surface area contributed by atoms with Gasteiger partial charge in [0, 0.05) is 30.6 Å². The highest BCUT2D eigenvalue weighted by atomic mass is 32.2. The molecule has 0 aliphatic heterocycles. The van der Waals surface area contributed by atoms with Crippen LogP contribution in [0.3, 0.4) is 0 Å². The Morgan fingerprint density at radius 3 is 2.53 bits per heavy atom. The number of carbonyl (C=O) groups is 3. The van der Waals surface area contributed by atoms with Gasteiger partial charge >= 0.3 is 12.1 Å². The number of nitrogens with zero attached hydrogens (tertiary/aromatic N) is 5. The standard InChI is InChI=1S/C38H41N7O7S/c1-3-51-35(47)23-41-34(46)24-45(53(49,50)32-13-7-9-26-10-8-20-40-36(26)32)28-18-19-31-30(22-28)42-33(44(31)2)21-25-14-16-27(17-15-25)37(39)43-38(48)52-29-11-5-4-6-12-29/h7-10,13-20,22,29H,3-6,11-12,21,23-24H2,1-2H3,(H,41,46)(H2,39,43,48). The first-order chi connectivity index (χ1) is 25.5. The van der Waals surface area contributed by atoms with Gasteiger partial charge in [-0.2, -0.15) is 4.99 Å². The number of esters is 1. The molecule has 0 unspecified atom stereocenters. The number of aromatic nitrogens is 3. The smallest absolute Gasteiger partial charge is 0.435 e. The summed E-state index contributed by atoms with van der Waals surface area (Å²) < 4.78 is 41.9. The molecular weight excluding hydrogens is 699 g/mol. The summed E-state index contributed by atoms with van der Waals surface area (Å²) in [5, 5.41) is 3.07. The van der Waals surface area contributed by atoms with Crippen LogP contribution in [0.25, 0.3) is 21.9 Å². The number of fused-ring (bicyclic) bond motifs is 2. The van der Waals surface area contributed by atoms with Crippen LogP contribution in [0.5, 0.6) is 0 Å². The van der Waals surface area contributed by atoms with E-state index in [2.05, 4.69) is 15.3 Å². The highest BCUT2D eigenvalue weighted by Gasteiger charge is 2.30. The first-order valence-corrected chi connectivity index (χ1v) is 18.9. The zero-order valence-electron chi connectivity index (χ0n) is 29.5. The Morgan fingerprint density at radius 2 is 1.77 bits per heavy atom. The molecule has 0 saturated heterocycles. The minimum absolute atomic E-state index is 0.0704. The number of aryl methyl sites for hydroxylation is 1. The van der Waals surface area contributed by atoms with E-state index in [0.717, 1.165) is 47.5 Å². The summed E-state index contributed by atoms with van der Waals surface area (Å²) in [6.45, 7) is 0.759. The minimum Gasteiger partial charge on any atom is -0.465 e. The number of ether oxygens (including phenoxy) is 2. The van der Waals surface area contributed by atoms with E-state index in [9.17, 15) is 22.8 Å². The van der Waals surface area contributed by atoms with Gasteiger partial charge in [0.2, 0.25) is 5.91 Å². The number of carbonyl (C=O) groups excluding carboxylic acids is 3. The lowest BCUT2D eigenvalue weighted by molar-refractivity contribution is -0.143. The molecule has 0 bridgehead atoms. The molecule has 1 fully saturated rings. The van der Waals surface area contributed by atoms with Gasteiger partial charge in [0.1, 0.15) is 35.7 Å². The number of nitrogens with two attached hydrogens (primary N) is 1. The van der Waals surface area contributed by atoms with Crippen LogP contribution >= 0.6 is 0 Å². The molecule has 3 N–H and O–H groups in total. The summed E-state index contributed by atoms with van der Waals surface area (Å²) in [5.74, 6) is -0.577. The Balaban J connectivity index is 1.25. The second kappa shape index (κ2) is 16.2. The number of sulfonamides is 1. The first kappa shape index (κ1) is 36.9. The van der Waals surface area contributed by atoms with Gasteiger partial charge < -0.3 is 25.1 Å². The Bertz CT molecular complexity index is 2280. The molecule has 14 nitrogen and oxygen atoms in total. The van der Waals surface area contributed by atoms with Crippen LogP contribution in [-0.2, 0) is 42.6 Å². The number of imidazole rings is 1. The molecule has 0 spiro atoms. The molecule has 2 aromatic heterocycles. The zero-order valence-corrected chi connectivity index (χ0v) is 30.3. The maximum absolute atomic E-state index is 14.3. The number of anilines is 1. The van der Waals surface area contributed by atoms with E-state index in [1.54, 1.807) is 61.5 Å². The molecule has 15 heteroatoms. The monoisotopic (exact) mass is 739 g/mol. The number of amides is 2. The average Bonchev–Trinajstić information content (AvgIpc) is 3.46. The predicted molar refractivity (Wildman–Crippen MR) is 200 cm³/mol. The fraction of sp³-hybridized carbons (Fsp3) is 0.316. The van der Waals surface area contributed by atoms with Gasteiger partial charge in [-0.15, -0.1) is 0 Å². The van der Waals surface area contributed by atoms with Gasteiger partial charge in [0.15, 0.2) is 0 Å². The van der Waals surface area contributed by atoms with Gasteiger partial charge in [0.25, 0.3) is 10.0 Å². The molecular formula is C38H41N7O7S. The Labute approximate surface area is 307 Å². The van der Waals surface area contributed by atoms with Crippen LogP contribution in [-0.4, -0.2) is 72.6 Å². The predicted octanol–water partition coefficient (Wildman–Crippen LogP) is 4.76. The van der Waals surface area contributed by atoms with E-state index in [-0.39, 0.29) is 34.6 Å². The Morgan fingerprint density at radius 1 is 1.02 bits per heavy atom. The van der Waals surface area contributed by atoms with Crippen molar-refractivity contribution >= 4 is 61.5 Å². The maximum Gasteiger partial charge on any atom is 0.435 e. The molecule has 2 amide bonds. The molecule has 1 aliphatic carbocycles. The van der Waals surface area contributed by atoms with Crippen LogP contribution in [0.15, 0.2) is 88.9 Å². The summed E-state index contributed by atoms with van der Waals surface area (Å²) in [4.78, 5) is 50.3. The highest BCUT2D eigenvalue weighted by molar-refractivity contribution is 7.93. The van der Waals surface area contributed by atoms with Gasteiger partial charge in [-0.05, 0) is 68.5 Å². The normalized spacial score (nSPS) is 13.9. The number of aliphatic imine (C=N–C) groups is 1. The van der Waals surface area contributed by atoms with Crippen LogP contribution in [0.2, 0.25) is 0 Å². The van der Waals surface area contributed by atoms with Crippen molar-refractivity contribution in [1.29, 1.82) is 0 Å². The largest absolute Gasteiger partial charge is 0.465 e. The molecule has 1 saturated carbocycles. The van der Waals surface area contributed by atoms with E-state index in [4.69, 9.17) is 20.2 Å². The van der Waals surface area contributed by atoms with Gasteiger partial charge in [-0.25, -0.2) is 18.2 Å². The van der Waals surface area contributed by atoms with Crippen molar-refractivity contribution in [3.8, 4) is 0 Å². The Kier molecular flexibility index (Phi) is 11.3. The van der Waals surface area contributed by atoms with E-state index < -0.39 is 41.1 Å². The van der Waals surface area contributed by atoms with Gasteiger partial charge in [-0.1, -0.05) is 48.9 Å². The van der Waals surface area contributed by atoms with Crippen LogP contribution < -0.4 is 15.4 Å². The number of benzene rings is 3. The molecule has 276 valence electrons. The summed E-state index contributed by atoms with van der Waals surface area (Å²) in [5.41, 5.74) is 9.32. The third-order valence-electron chi connectivity index (χ3n) is 9.07. The van der Waals surface area contributed by atoms with Crippen LogP contribution in [0.1, 0.15) is 56.0 Å². The molecule has 3 aromatic carbocycles. The maximum atomic E-state index is 14.3. The molecule has 0 atom stereocenters. The zero-order chi connectivity index (χ0) is 37.5. The second-order valence-electron chi connectivity index (χ2n) is 12.7. The summed E-state index contributed by atoms with van der Waals surface area (Å²) in [7, 11) is -2.50. The first-order valence-electron chi connectivity index (χ1n) is 17.4. The molecule has 53 heavy (non-hydrogen) atoms. The fourth-order valence-electron chi connectivity index (χ4n) is 6.33. The van der Waals surface area contributed by atoms with Crippen LogP contribution in [0, 0.1) is 0 Å². The van der Waals surface area contributed by atoms with Crippen molar-refractivity contribution in [3.63, 3.8) is 0 Å². The van der Waals surface area contributed by atoms with Crippen molar-refractivity contribution in [2.24, 2.45) is 17.8 Å². The number of pyridine rings is 1. The van der Waals surface area contributed by atoms with E-state index in [0.29, 0.717) is 28.7 Å². The molecule has 1 aliphatic rings. The molecule has 6 rings (SSSR count).